The number of rotatable bonds is 5. The van der Waals surface area contributed by atoms with Crippen LogP contribution in [0.25, 0.3) is 22.3 Å². The number of pyridine rings is 1. The first-order chi connectivity index (χ1) is 15.2. The third kappa shape index (κ3) is 4.42. The first-order valence-corrected chi connectivity index (χ1v) is 11.0. The number of benzene rings is 2. The van der Waals surface area contributed by atoms with E-state index in [0.717, 1.165) is 0 Å². The van der Waals surface area contributed by atoms with Crippen LogP contribution in [-0.4, -0.2) is 20.7 Å². The SMILES string of the molecule is Cc1nn(CC(=O)Nc2c(Br)cc(F)cc2Br)c2nc(-c3ccccc3)cc(C(F)F)c12. The highest BCUT2D eigenvalue weighted by Gasteiger charge is 2.22. The topological polar surface area (TPSA) is 59.8 Å². The zero-order chi connectivity index (χ0) is 23.0. The predicted octanol–water partition coefficient (Wildman–Crippen LogP) is 6.65. The van der Waals surface area contributed by atoms with E-state index in [0.29, 0.717) is 31.6 Å². The van der Waals surface area contributed by atoms with Gasteiger partial charge in [-0.25, -0.2) is 22.8 Å². The number of hydrogen-bond donors (Lipinski definition) is 1. The van der Waals surface area contributed by atoms with Gasteiger partial charge in [0.2, 0.25) is 5.91 Å². The van der Waals surface area contributed by atoms with Gasteiger partial charge in [0.05, 0.1) is 22.5 Å². The highest BCUT2D eigenvalue weighted by molar-refractivity contribution is 9.11. The molecule has 0 atom stereocenters. The summed E-state index contributed by atoms with van der Waals surface area (Å²) < 4.78 is 43.2. The molecule has 2 heterocycles. The molecule has 0 saturated carbocycles. The molecular formula is C22H15Br2F3N4O. The van der Waals surface area contributed by atoms with Crippen molar-refractivity contribution in [1.29, 1.82) is 0 Å². The number of aryl methyl sites for hydroxylation is 1. The monoisotopic (exact) mass is 566 g/mol. The average molecular weight is 568 g/mol. The van der Waals surface area contributed by atoms with Gasteiger partial charge in [-0.15, -0.1) is 0 Å². The zero-order valence-corrected chi connectivity index (χ0v) is 19.7. The van der Waals surface area contributed by atoms with Crippen LogP contribution in [0.2, 0.25) is 0 Å². The second-order valence-electron chi connectivity index (χ2n) is 7.00. The van der Waals surface area contributed by atoms with Gasteiger partial charge < -0.3 is 5.32 Å². The number of nitrogens with zero attached hydrogens (tertiary/aromatic N) is 3. The molecule has 0 fully saturated rings. The highest BCUT2D eigenvalue weighted by Crippen LogP contribution is 2.34. The number of carbonyl (C=O) groups excluding carboxylic acids is 1. The molecule has 10 heteroatoms. The molecule has 164 valence electrons. The normalized spacial score (nSPS) is 11.3. The Bertz CT molecular complexity index is 1300. The molecule has 0 saturated heterocycles. The molecule has 5 nitrogen and oxygen atoms in total. The zero-order valence-electron chi connectivity index (χ0n) is 16.5. The first kappa shape index (κ1) is 22.5. The summed E-state index contributed by atoms with van der Waals surface area (Å²) in [5, 5.41) is 7.18. The number of fused-ring (bicyclic) bond motifs is 1. The minimum Gasteiger partial charge on any atom is -0.323 e. The van der Waals surface area contributed by atoms with Gasteiger partial charge >= 0.3 is 0 Å². The third-order valence-electron chi connectivity index (χ3n) is 4.78. The Labute approximate surface area is 197 Å². The number of alkyl halides is 2. The fourth-order valence-corrected chi connectivity index (χ4v) is 4.73. The molecule has 2 aromatic carbocycles. The summed E-state index contributed by atoms with van der Waals surface area (Å²) in [5.41, 5.74) is 1.72. The van der Waals surface area contributed by atoms with Gasteiger partial charge in [0.15, 0.2) is 5.65 Å². The smallest absolute Gasteiger partial charge is 0.264 e. The molecule has 0 radical (unpaired) electrons. The standard InChI is InChI=1S/C22H15Br2F3N4O/c1-11-19-14(21(26)27)9-17(12-5-3-2-4-6-12)28-22(19)31(30-11)10-18(32)29-20-15(23)7-13(25)8-16(20)24/h2-9,21H,10H2,1H3,(H,29,32). The fraction of sp³-hybridized carbons (Fsp3) is 0.136. The lowest BCUT2D eigenvalue weighted by Crippen LogP contribution is -2.20. The molecule has 0 bridgehead atoms. The summed E-state index contributed by atoms with van der Waals surface area (Å²) in [7, 11) is 0. The fourth-order valence-electron chi connectivity index (χ4n) is 3.40. The minimum atomic E-state index is -2.74. The molecule has 4 aromatic rings. The van der Waals surface area contributed by atoms with Crippen molar-refractivity contribution in [3.05, 3.63) is 74.6 Å². The predicted molar refractivity (Wildman–Crippen MR) is 123 cm³/mol. The number of anilines is 1. The van der Waals surface area contributed by atoms with Crippen LogP contribution in [0.1, 0.15) is 17.7 Å². The van der Waals surface area contributed by atoms with Crippen molar-refractivity contribution in [2.45, 2.75) is 19.9 Å². The Morgan fingerprint density at radius 3 is 2.41 bits per heavy atom. The second-order valence-corrected chi connectivity index (χ2v) is 8.71. The van der Waals surface area contributed by atoms with E-state index in [4.69, 9.17) is 0 Å². The number of carbonyl (C=O) groups is 1. The summed E-state index contributed by atoms with van der Waals surface area (Å²) in [5.74, 6) is -0.958. The van der Waals surface area contributed by atoms with Crippen LogP contribution in [0, 0.1) is 12.7 Å². The van der Waals surface area contributed by atoms with E-state index >= 15 is 0 Å². The lowest BCUT2D eigenvalue weighted by atomic mass is 10.1. The summed E-state index contributed by atoms with van der Waals surface area (Å²) in [6.07, 6.45) is -2.74. The van der Waals surface area contributed by atoms with Gasteiger partial charge in [-0.2, -0.15) is 5.10 Å². The van der Waals surface area contributed by atoms with E-state index in [1.165, 1.54) is 22.9 Å². The molecule has 0 aliphatic carbocycles. The van der Waals surface area contributed by atoms with Crippen LogP contribution in [0.3, 0.4) is 0 Å². The maximum absolute atomic E-state index is 13.9. The molecule has 2 aromatic heterocycles. The minimum absolute atomic E-state index is 0.187. The van der Waals surface area contributed by atoms with Gasteiger partial charge in [-0.1, -0.05) is 30.3 Å². The van der Waals surface area contributed by atoms with E-state index in [1.807, 2.05) is 6.07 Å². The number of aromatic nitrogens is 3. The Morgan fingerprint density at radius 1 is 1.12 bits per heavy atom. The van der Waals surface area contributed by atoms with Crippen molar-refractivity contribution in [2.24, 2.45) is 0 Å². The van der Waals surface area contributed by atoms with Crippen LogP contribution in [-0.2, 0) is 11.3 Å². The van der Waals surface area contributed by atoms with Crippen molar-refractivity contribution < 1.29 is 18.0 Å². The van der Waals surface area contributed by atoms with Crippen molar-refractivity contribution >= 4 is 54.5 Å². The molecular weight excluding hydrogens is 553 g/mol. The van der Waals surface area contributed by atoms with Crippen LogP contribution in [0.15, 0.2) is 57.5 Å². The number of halogens is 5. The van der Waals surface area contributed by atoms with E-state index in [1.54, 1.807) is 31.2 Å². The molecule has 32 heavy (non-hydrogen) atoms. The van der Waals surface area contributed by atoms with E-state index in [9.17, 15) is 18.0 Å². The van der Waals surface area contributed by atoms with Crippen LogP contribution in [0.5, 0.6) is 0 Å². The van der Waals surface area contributed by atoms with Gasteiger partial charge in [0.25, 0.3) is 6.43 Å². The number of nitrogens with one attached hydrogen (secondary N) is 1. The van der Waals surface area contributed by atoms with Crippen molar-refractivity contribution in [2.75, 3.05) is 5.32 Å². The lowest BCUT2D eigenvalue weighted by Gasteiger charge is -2.11. The Balaban J connectivity index is 1.75. The first-order valence-electron chi connectivity index (χ1n) is 9.40. The average Bonchev–Trinajstić information content (AvgIpc) is 3.05. The molecule has 0 unspecified atom stereocenters. The maximum atomic E-state index is 13.9. The summed E-state index contributed by atoms with van der Waals surface area (Å²) in [6, 6.07) is 12.7. The van der Waals surface area contributed by atoms with Gasteiger partial charge in [0, 0.05) is 20.1 Å². The van der Waals surface area contributed by atoms with Crippen LogP contribution in [0.4, 0.5) is 18.9 Å². The van der Waals surface area contributed by atoms with Gasteiger partial charge in [-0.05, 0) is 57.0 Å². The molecule has 1 amide bonds. The molecule has 0 spiro atoms. The Morgan fingerprint density at radius 2 is 1.78 bits per heavy atom. The Kier molecular flexibility index (Phi) is 6.34. The largest absolute Gasteiger partial charge is 0.323 e. The van der Waals surface area contributed by atoms with Gasteiger partial charge in [0.1, 0.15) is 12.4 Å². The summed E-state index contributed by atoms with van der Waals surface area (Å²) in [6.45, 7) is 1.33. The molecule has 0 aliphatic rings. The van der Waals surface area contributed by atoms with E-state index in [-0.39, 0.29) is 23.1 Å². The summed E-state index contributed by atoms with van der Waals surface area (Å²) in [4.78, 5) is 17.2. The highest BCUT2D eigenvalue weighted by atomic mass is 79.9. The van der Waals surface area contributed by atoms with E-state index < -0.39 is 18.1 Å². The number of amides is 1. The van der Waals surface area contributed by atoms with Crippen LogP contribution < -0.4 is 5.32 Å². The Hall–Kier alpha value is -2.72. The molecule has 0 aliphatic heterocycles. The van der Waals surface area contributed by atoms with Crippen molar-refractivity contribution in [3.8, 4) is 11.3 Å². The third-order valence-corrected chi connectivity index (χ3v) is 6.03. The van der Waals surface area contributed by atoms with Crippen molar-refractivity contribution in [1.82, 2.24) is 14.8 Å². The van der Waals surface area contributed by atoms with Crippen LogP contribution >= 0.6 is 31.9 Å². The van der Waals surface area contributed by atoms with Crippen molar-refractivity contribution in [3.63, 3.8) is 0 Å². The van der Waals surface area contributed by atoms with Gasteiger partial charge in [-0.3, -0.25) is 4.79 Å². The quantitative estimate of drug-likeness (QED) is 0.294. The molecule has 1 N–H and O–H groups in total. The lowest BCUT2D eigenvalue weighted by molar-refractivity contribution is -0.116. The number of hydrogen-bond acceptors (Lipinski definition) is 3. The maximum Gasteiger partial charge on any atom is 0.264 e. The molecule has 4 rings (SSSR count). The summed E-state index contributed by atoms with van der Waals surface area (Å²) >= 11 is 6.43. The van der Waals surface area contributed by atoms with E-state index in [2.05, 4.69) is 47.3 Å². The second kappa shape index (κ2) is 9.03.